The second-order valence-corrected chi connectivity index (χ2v) is 11.7. The number of methoxy groups -OCH3 is 1. The summed E-state index contributed by atoms with van der Waals surface area (Å²) in [5.74, 6) is 0.641. The second kappa shape index (κ2) is 13.6. The van der Waals surface area contributed by atoms with Crippen molar-refractivity contribution in [1.82, 2.24) is 14.6 Å². The predicted molar refractivity (Wildman–Crippen MR) is 173 cm³/mol. The van der Waals surface area contributed by atoms with Crippen LogP contribution >= 0.6 is 15.9 Å². The first kappa shape index (κ1) is 31.8. The number of aryl methyl sites for hydroxylation is 1. The highest BCUT2D eigenvalue weighted by Crippen LogP contribution is 2.36. The van der Waals surface area contributed by atoms with E-state index in [9.17, 15) is 19.7 Å². The lowest BCUT2D eigenvalue weighted by Gasteiger charge is -2.26. The number of aromatic nitrogens is 2. The molecule has 0 radical (unpaired) electrons. The Balaban J connectivity index is 1.65. The van der Waals surface area contributed by atoms with Crippen LogP contribution in [0.5, 0.6) is 11.5 Å². The number of nitrogens with zero attached hydrogens (tertiary/aromatic N) is 5. The minimum Gasteiger partial charge on any atom is -0.496 e. The number of carbonyl (C=O) groups is 1. The van der Waals surface area contributed by atoms with E-state index in [0.29, 0.717) is 47.2 Å². The molecule has 1 aliphatic rings. The van der Waals surface area contributed by atoms with Gasteiger partial charge in [0.1, 0.15) is 5.75 Å². The molecule has 5 rings (SSSR count). The van der Waals surface area contributed by atoms with E-state index in [-0.39, 0.29) is 34.6 Å². The first-order valence-electron chi connectivity index (χ1n) is 14.3. The number of nitro benzene ring substituents is 1. The standard InChI is InChI=1S/C32H32BrN5O7/c1-19(2)24-16-25(20(3)13-28(24)43-4)31-35-26-8-6-5-7-23(26)32(40)37(31)34-17-21-14-22(33)15-27(38(41)42)30(21)45-18-29(39)36-9-11-44-12-10-36/h5-8,13-17,19H,9-12,18H2,1-4H3. The van der Waals surface area contributed by atoms with E-state index in [1.54, 1.807) is 42.3 Å². The number of fused-ring (bicyclic) bond motifs is 1. The normalized spacial score (nSPS) is 13.5. The number of nitro groups is 1. The SMILES string of the molecule is COc1cc(C)c(-c2nc3ccccc3c(=O)n2N=Cc2cc(Br)cc([N+](=O)[O-])c2OCC(=O)N2CCOCC2)cc1C(C)C. The van der Waals surface area contributed by atoms with Gasteiger partial charge in [0.2, 0.25) is 5.75 Å². The van der Waals surface area contributed by atoms with Crippen molar-refractivity contribution in [2.45, 2.75) is 26.7 Å². The number of amides is 1. The molecule has 12 nitrogen and oxygen atoms in total. The summed E-state index contributed by atoms with van der Waals surface area (Å²) < 4.78 is 18.3. The molecule has 1 aromatic heterocycles. The maximum atomic E-state index is 13.9. The van der Waals surface area contributed by atoms with E-state index in [0.717, 1.165) is 16.9 Å². The van der Waals surface area contributed by atoms with E-state index < -0.39 is 17.1 Å². The van der Waals surface area contributed by atoms with Crippen LogP contribution < -0.4 is 15.0 Å². The van der Waals surface area contributed by atoms with Crippen LogP contribution in [0.4, 0.5) is 5.69 Å². The quantitative estimate of drug-likeness (QED) is 0.132. The number of para-hydroxylation sites is 1. The topological polar surface area (TPSA) is 138 Å². The van der Waals surface area contributed by atoms with Gasteiger partial charge in [-0.15, -0.1) is 0 Å². The molecule has 13 heteroatoms. The van der Waals surface area contributed by atoms with Crippen LogP contribution in [0, 0.1) is 17.0 Å². The number of carbonyl (C=O) groups excluding carboxylic acids is 1. The van der Waals surface area contributed by atoms with Crippen LogP contribution in [0.15, 0.2) is 62.9 Å². The Kier molecular flexibility index (Phi) is 9.59. The molecule has 0 unspecified atom stereocenters. The van der Waals surface area contributed by atoms with Gasteiger partial charge in [0.15, 0.2) is 12.4 Å². The zero-order chi connectivity index (χ0) is 32.2. The molecule has 0 bridgehead atoms. The molecule has 1 saturated heterocycles. The van der Waals surface area contributed by atoms with Crippen molar-refractivity contribution in [2.24, 2.45) is 5.10 Å². The minimum atomic E-state index is -0.597. The molecule has 0 spiro atoms. The number of hydrogen-bond acceptors (Lipinski definition) is 9. The Bertz CT molecular complexity index is 1870. The highest BCUT2D eigenvalue weighted by atomic mass is 79.9. The monoisotopic (exact) mass is 677 g/mol. The molecular formula is C32H32BrN5O7. The van der Waals surface area contributed by atoms with Crippen LogP contribution in [-0.2, 0) is 9.53 Å². The van der Waals surface area contributed by atoms with Crippen molar-refractivity contribution < 1.29 is 23.9 Å². The number of morpholine rings is 1. The predicted octanol–water partition coefficient (Wildman–Crippen LogP) is 5.29. The van der Waals surface area contributed by atoms with Crippen LogP contribution in [0.25, 0.3) is 22.3 Å². The number of hydrogen-bond donors (Lipinski definition) is 0. The highest BCUT2D eigenvalue weighted by Gasteiger charge is 2.24. The maximum Gasteiger partial charge on any atom is 0.312 e. The van der Waals surface area contributed by atoms with Crippen molar-refractivity contribution in [3.8, 4) is 22.9 Å². The van der Waals surface area contributed by atoms with E-state index in [2.05, 4.69) is 21.0 Å². The van der Waals surface area contributed by atoms with Gasteiger partial charge in [0.25, 0.3) is 11.5 Å². The molecule has 0 atom stereocenters. The van der Waals surface area contributed by atoms with Crippen LogP contribution in [0.2, 0.25) is 0 Å². The van der Waals surface area contributed by atoms with Crippen LogP contribution in [-0.4, -0.2) is 71.6 Å². The average Bonchev–Trinajstić information content (AvgIpc) is 3.03. The molecule has 0 N–H and O–H groups in total. The van der Waals surface area contributed by atoms with Gasteiger partial charge in [-0.25, -0.2) is 4.98 Å². The summed E-state index contributed by atoms with van der Waals surface area (Å²) in [6, 6.07) is 13.7. The maximum absolute atomic E-state index is 13.9. The fraction of sp³-hybridized carbons (Fsp3) is 0.312. The molecule has 1 aliphatic heterocycles. The van der Waals surface area contributed by atoms with Gasteiger partial charge in [-0.1, -0.05) is 41.9 Å². The minimum absolute atomic E-state index is 0.116. The molecule has 45 heavy (non-hydrogen) atoms. The van der Waals surface area contributed by atoms with E-state index in [1.165, 1.54) is 17.0 Å². The van der Waals surface area contributed by atoms with Gasteiger partial charge in [-0.05, 0) is 54.3 Å². The zero-order valence-corrected chi connectivity index (χ0v) is 26.9. The molecule has 4 aromatic rings. The fourth-order valence-electron chi connectivity index (χ4n) is 5.12. The summed E-state index contributed by atoms with van der Waals surface area (Å²) in [7, 11) is 1.61. The largest absolute Gasteiger partial charge is 0.496 e. The molecule has 1 amide bonds. The van der Waals surface area contributed by atoms with Gasteiger partial charge in [0, 0.05) is 34.8 Å². The Morgan fingerprint density at radius 3 is 2.62 bits per heavy atom. The molecule has 2 heterocycles. The smallest absolute Gasteiger partial charge is 0.312 e. The highest BCUT2D eigenvalue weighted by molar-refractivity contribution is 9.10. The first-order valence-corrected chi connectivity index (χ1v) is 15.1. The van der Waals surface area contributed by atoms with Gasteiger partial charge < -0.3 is 19.1 Å². The Hall–Kier alpha value is -4.62. The lowest BCUT2D eigenvalue weighted by molar-refractivity contribution is -0.385. The van der Waals surface area contributed by atoms with Crippen LogP contribution in [0.3, 0.4) is 0 Å². The Morgan fingerprint density at radius 2 is 1.93 bits per heavy atom. The number of ether oxygens (including phenoxy) is 3. The van der Waals surface area contributed by atoms with E-state index >= 15 is 0 Å². The number of rotatable bonds is 9. The number of benzene rings is 3. The summed E-state index contributed by atoms with van der Waals surface area (Å²) in [6.45, 7) is 7.19. The third kappa shape index (κ3) is 6.74. The molecule has 0 aliphatic carbocycles. The number of halogens is 1. The lowest BCUT2D eigenvalue weighted by atomic mass is 9.96. The first-order chi connectivity index (χ1) is 21.6. The van der Waals surface area contributed by atoms with Crippen molar-refractivity contribution >= 4 is 44.6 Å². The lowest BCUT2D eigenvalue weighted by Crippen LogP contribution is -2.43. The second-order valence-electron chi connectivity index (χ2n) is 10.8. The van der Waals surface area contributed by atoms with Gasteiger partial charge in [0.05, 0.1) is 42.4 Å². The summed E-state index contributed by atoms with van der Waals surface area (Å²) >= 11 is 3.32. The summed E-state index contributed by atoms with van der Waals surface area (Å²) in [5, 5.41) is 16.9. The van der Waals surface area contributed by atoms with Gasteiger partial charge >= 0.3 is 5.69 Å². The summed E-state index contributed by atoms with van der Waals surface area (Å²) in [6.07, 6.45) is 1.30. The Labute approximate surface area is 267 Å². The Morgan fingerprint density at radius 1 is 1.20 bits per heavy atom. The van der Waals surface area contributed by atoms with E-state index in [1.807, 2.05) is 32.9 Å². The molecule has 1 fully saturated rings. The zero-order valence-electron chi connectivity index (χ0n) is 25.3. The average molecular weight is 679 g/mol. The molecule has 3 aromatic carbocycles. The van der Waals surface area contributed by atoms with E-state index in [4.69, 9.17) is 19.2 Å². The third-order valence-corrected chi connectivity index (χ3v) is 7.93. The summed E-state index contributed by atoms with van der Waals surface area (Å²) in [5.41, 5.74) is 2.30. The van der Waals surface area contributed by atoms with Crippen LogP contribution in [0.1, 0.15) is 36.5 Å². The van der Waals surface area contributed by atoms with Crippen molar-refractivity contribution in [3.63, 3.8) is 0 Å². The van der Waals surface area contributed by atoms with Gasteiger partial charge in [-0.3, -0.25) is 19.7 Å². The fourth-order valence-corrected chi connectivity index (χ4v) is 5.58. The molecule has 234 valence electrons. The van der Waals surface area contributed by atoms with Crippen molar-refractivity contribution in [1.29, 1.82) is 0 Å². The summed E-state index contributed by atoms with van der Waals surface area (Å²) in [4.78, 5) is 44.5. The van der Waals surface area contributed by atoms with Crippen molar-refractivity contribution in [2.75, 3.05) is 40.0 Å². The molecule has 0 saturated carbocycles. The molecular weight excluding hydrogens is 646 g/mol. The van der Waals surface area contributed by atoms with Crippen molar-refractivity contribution in [3.05, 3.63) is 90.2 Å². The third-order valence-electron chi connectivity index (χ3n) is 7.47. The van der Waals surface area contributed by atoms with Gasteiger partial charge in [-0.2, -0.15) is 9.78 Å².